The van der Waals surface area contributed by atoms with Crippen molar-refractivity contribution in [3.05, 3.63) is 18.3 Å². The lowest BCUT2D eigenvalue weighted by molar-refractivity contribution is -0.134. The van der Waals surface area contributed by atoms with Crippen LogP contribution in [0.15, 0.2) is 18.3 Å². The Morgan fingerprint density at radius 3 is 2.71 bits per heavy atom. The largest absolute Gasteiger partial charge is 0.355 e. The number of nitrogens with zero attached hydrogens (tertiary/aromatic N) is 6. The predicted molar refractivity (Wildman–Crippen MR) is 131 cm³/mol. The van der Waals surface area contributed by atoms with E-state index in [2.05, 4.69) is 40.8 Å². The van der Waals surface area contributed by atoms with Crippen LogP contribution in [0.25, 0.3) is 0 Å². The van der Waals surface area contributed by atoms with Crippen molar-refractivity contribution in [1.29, 1.82) is 0 Å². The molecule has 0 radical (unpaired) electrons. The second-order valence-corrected chi connectivity index (χ2v) is 10.8. The Balaban J connectivity index is 1.12. The van der Waals surface area contributed by atoms with E-state index in [1.165, 1.54) is 17.8 Å². The van der Waals surface area contributed by atoms with Crippen LogP contribution in [0.1, 0.15) is 51.4 Å². The number of carbonyl (C=O) groups excluding carboxylic acids is 1. The molecule has 3 fully saturated rings. The molecule has 5 rings (SSSR count). The average Bonchev–Trinajstić information content (AvgIpc) is 3.51. The van der Waals surface area contributed by atoms with Gasteiger partial charge in [0, 0.05) is 63.2 Å². The number of halogens is 2. The summed E-state index contributed by atoms with van der Waals surface area (Å²) in [6.07, 6.45) is 7.86. The lowest BCUT2D eigenvalue weighted by atomic mass is 9.86. The number of likely N-dealkylation sites (tertiary alicyclic amines) is 1. The van der Waals surface area contributed by atoms with E-state index in [1.54, 1.807) is 6.20 Å². The maximum Gasteiger partial charge on any atom is 0.253 e. The van der Waals surface area contributed by atoms with Gasteiger partial charge in [-0.25, -0.2) is 8.78 Å². The van der Waals surface area contributed by atoms with Crippen LogP contribution in [0.2, 0.25) is 0 Å². The smallest absolute Gasteiger partial charge is 0.253 e. The standard InChI is InChI=1S/C23H32F2N8OS/c24-23(25)9-12-32(18-5-2-1-3-6-18)14-16(23)13-20(34)28-22-31-30-21(35-22)27-17-8-11-33(15-17)19-7-4-10-26-29-19/h4,7,10,16-18H,1-3,5-6,8-9,11-15H2,(H,27,30)(H,28,31,34)/t16?,17-/m1/s1. The number of aromatic nitrogens is 4. The predicted octanol–water partition coefficient (Wildman–Crippen LogP) is 3.64. The summed E-state index contributed by atoms with van der Waals surface area (Å²) in [5.41, 5.74) is 0. The lowest BCUT2D eigenvalue weighted by Crippen LogP contribution is -2.52. The molecule has 12 heteroatoms. The Labute approximate surface area is 207 Å². The Hall–Kier alpha value is -2.47. The summed E-state index contributed by atoms with van der Waals surface area (Å²) in [6, 6.07) is 4.33. The second-order valence-electron chi connectivity index (χ2n) is 9.82. The van der Waals surface area contributed by atoms with Crippen LogP contribution in [-0.4, -0.2) is 75.4 Å². The number of nitrogens with one attached hydrogen (secondary N) is 2. The van der Waals surface area contributed by atoms with Crippen molar-refractivity contribution in [3.63, 3.8) is 0 Å². The minimum Gasteiger partial charge on any atom is -0.355 e. The number of rotatable bonds is 7. The molecule has 2 aromatic heterocycles. The van der Waals surface area contributed by atoms with Gasteiger partial charge in [0.05, 0.1) is 0 Å². The first kappa shape index (κ1) is 24.2. The summed E-state index contributed by atoms with van der Waals surface area (Å²) >= 11 is 1.22. The highest BCUT2D eigenvalue weighted by Gasteiger charge is 2.46. The maximum atomic E-state index is 14.6. The van der Waals surface area contributed by atoms with Gasteiger partial charge in [-0.3, -0.25) is 9.69 Å². The molecule has 2 atom stereocenters. The molecular formula is C23H32F2N8OS. The van der Waals surface area contributed by atoms with E-state index in [0.29, 0.717) is 22.8 Å². The average molecular weight is 507 g/mol. The van der Waals surface area contributed by atoms with Gasteiger partial charge in [0.25, 0.3) is 5.92 Å². The van der Waals surface area contributed by atoms with Crippen molar-refractivity contribution in [1.82, 2.24) is 25.3 Å². The molecule has 1 aliphatic carbocycles. The number of anilines is 3. The Kier molecular flexibility index (Phi) is 7.37. The Bertz CT molecular complexity index is 987. The lowest BCUT2D eigenvalue weighted by Gasteiger charge is -2.43. The molecule has 0 bridgehead atoms. The molecule has 4 heterocycles. The van der Waals surface area contributed by atoms with Gasteiger partial charge in [0.1, 0.15) is 0 Å². The fourth-order valence-corrected chi connectivity index (χ4v) is 6.18. The molecule has 9 nitrogen and oxygen atoms in total. The minimum absolute atomic E-state index is 0.167. The quantitative estimate of drug-likeness (QED) is 0.587. The van der Waals surface area contributed by atoms with Crippen LogP contribution in [0.4, 0.5) is 24.9 Å². The van der Waals surface area contributed by atoms with E-state index < -0.39 is 17.7 Å². The zero-order valence-electron chi connectivity index (χ0n) is 19.7. The molecular weight excluding hydrogens is 474 g/mol. The van der Waals surface area contributed by atoms with Crippen molar-refractivity contribution in [2.24, 2.45) is 5.92 Å². The van der Waals surface area contributed by atoms with Crippen molar-refractivity contribution in [2.75, 3.05) is 41.7 Å². The summed E-state index contributed by atoms with van der Waals surface area (Å²) in [4.78, 5) is 17.0. The van der Waals surface area contributed by atoms with Gasteiger partial charge < -0.3 is 15.5 Å². The topological polar surface area (TPSA) is 99.2 Å². The van der Waals surface area contributed by atoms with Gasteiger partial charge >= 0.3 is 0 Å². The molecule has 1 unspecified atom stereocenters. The summed E-state index contributed by atoms with van der Waals surface area (Å²) < 4.78 is 29.3. The van der Waals surface area contributed by atoms with Gasteiger partial charge in [-0.05, 0) is 31.4 Å². The van der Waals surface area contributed by atoms with E-state index in [4.69, 9.17) is 0 Å². The van der Waals surface area contributed by atoms with Crippen molar-refractivity contribution < 1.29 is 13.6 Å². The van der Waals surface area contributed by atoms with E-state index >= 15 is 0 Å². The van der Waals surface area contributed by atoms with Gasteiger partial charge in [0.15, 0.2) is 5.82 Å². The summed E-state index contributed by atoms with van der Waals surface area (Å²) in [5, 5.41) is 23.2. The number of piperidine rings is 1. The minimum atomic E-state index is -2.83. The summed E-state index contributed by atoms with van der Waals surface area (Å²) in [6.45, 7) is 2.30. The van der Waals surface area contributed by atoms with Crippen molar-refractivity contribution in [2.45, 2.75) is 69.4 Å². The van der Waals surface area contributed by atoms with Gasteiger partial charge in [0.2, 0.25) is 16.2 Å². The summed E-state index contributed by atoms with van der Waals surface area (Å²) in [5.74, 6) is -3.40. The van der Waals surface area contributed by atoms with E-state index in [9.17, 15) is 13.6 Å². The fraction of sp³-hybridized carbons (Fsp3) is 0.696. The third kappa shape index (κ3) is 6.03. The van der Waals surface area contributed by atoms with Crippen LogP contribution in [0, 0.1) is 5.92 Å². The van der Waals surface area contributed by atoms with E-state index in [0.717, 1.165) is 51.0 Å². The van der Waals surface area contributed by atoms with Gasteiger partial charge in [-0.1, -0.05) is 30.6 Å². The molecule has 2 aromatic rings. The first-order chi connectivity index (χ1) is 17.0. The normalized spacial score (nSPS) is 25.5. The van der Waals surface area contributed by atoms with Gasteiger partial charge in [-0.2, -0.15) is 5.10 Å². The molecule has 35 heavy (non-hydrogen) atoms. The van der Waals surface area contributed by atoms with Crippen LogP contribution in [-0.2, 0) is 4.79 Å². The third-order valence-electron chi connectivity index (χ3n) is 7.38. The number of alkyl halides is 2. The number of amides is 1. The SMILES string of the molecule is O=C(CC1CN(C2CCCCC2)CCC1(F)F)Nc1nnc(N[C@@H]2CCN(c3cccnn3)C2)s1. The molecule has 2 N–H and O–H groups in total. The maximum absolute atomic E-state index is 14.6. The number of hydrogen-bond donors (Lipinski definition) is 2. The summed E-state index contributed by atoms with van der Waals surface area (Å²) in [7, 11) is 0. The molecule has 3 aliphatic rings. The highest BCUT2D eigenvalue weighted by Crippen LogP contribution is 2.38. The molecule has 190 valence electrons. The second kappa shape index (κ2) is 10.7. The first-order valence-corrected chi connectivity index (χ1v) is 13.3. The van der Waals surface area contributed by atoms with Crippen LogP contribution in [0.3, 0.4) is 0 Å². The fourth-order valence-electron chi connectivity index (χ4n) is 5.45. The molecule has 2 saturated heterocycles. The van der Waals surface area contributed by atoms with E-state index in [-0.39, 0.29) is 25.4 Å². The Morgan fingerprint density at radius 2 is 1.91 bits per heavy atom. The zero-order valence-corrected chi connectivity index (χ0v) is 20.5. The molecule has 1 amide bonds. The third-order valence-corrected chi connectivity index (χ3v) is 8.15. The first-order valence-electron chi connectivity index (χ1n) is 12.5. The Morgan fingerprint density at radius 1 is 1.09 bits per heavy atom. The van der Waals surface area contributed by atoms with E-state index in [1.807, 2.05) is 12.1 Å². The molecule has 2 aliphatic heterocycles. The molecule has 0 spiro atoms. The van der Waals surface area contributed by atoms with Crippen LogP contribution < -0.4 is 15.5 Å². The highest BCUT2D eigenvalue weighted by atomic mass is 32.1. The zero-order chi connectivity index (χ0) is 24.3. The monoisotopic (exact) mass is 506 g/mol. The van der Waals surface area contributed by atoms with Crippen molar-refractivity contribution >= 4 is 33.3 Å². The molecule has 0 aromatic carbocycles. The highest BCUT2D eigenvalue weighted by molar-refractivity contribution is 7.19. The molecule has 1 saturated carbocycles. The van der Waals surface area contributed by atoms with Crippen molar-refractivity contribution in [3.8, 4) is 0 Å². The number of carbonyl (C=O) groups is 1. The van der Waals surface area contributed by atoms with Crippen LogP contribution in [0.5, 0.6) is 0 Å². The van der Waals surface area contributed by atoms with Crippen LogP contribution >= 0.6 is 11.3 Å². The van der Waals surface area contributed by atoms with Gasteiger partial charge in [-0.15, -0.1) is 15.3 Å². The number of hydrogen-bond acceptors (Lipinski definition) is 9.